The van der Waals surface area contributed by atoms with Gasteiger partial charge in [0.25, 0.3) is 5.91 Å². The fourth-order valence-electron chi connectivity index (χ4n) is 1.31. The minimum atomic E-state index is -0.166. The van der Waals surface area contributed by atoms with E-state index in [4.69, 9.17) is 16.3 Å². The lowest BCUT2D eigenvalue weighted by molar-refractivity contribution is 0.0924. The van der Waals surface area contributed by atoms with E-state index < -0.39 is 0 Å². The van der Waals surface area contributed by atoms with Gasteiger partial charge in [0.2, 0.25) is 0 Å². The first-order chi connectivity index (χ1) is 8.16. The monoisotopic (exact) mass is 319 g/mol. The molecule has 0 aliphatic heterocycles. The van der Waals surface area contributed by atoms with Crippen LogP contribution in [-0.4, -0.2) is 31.0 Å². The van der Waals surface area contributed by atoms with Gasteiger partial charge in [0, 0.05) is 11.9 Å². The maximum atomic E-state index is 11.8. The molecule has 3 nitrogen and oxygen atoms in total. The first-order valence-electron chi connectivity index (χ1n) is 5.34. The zero-order valence-electron chi connectivity index (χ0n) is 9.63. The average Bonchev–Trinajstić information content (AvgIpc) is 2.32. The molecule has 0 aliphatic carbocycles. The van der Waals surface area contributed by atoms with Gasteiger partial charge >= 0.3 is 0 Å². The van der Waals surface area contributed by atoms with Crippen molar-refractivity contribution in [3.8, 4) is 0 Å². The van der Waals surface area contributed by atoms with Crippen LogP contribution in [0.25, 0.3) is 0 Å². The Morgan fingerprint density at radius 3 is 2.94 bits per heavy atom. The van der Waals surface area contributed by atoms with Crippen LogP contribution in [0, 0.1) is 6.92 Å². The van der Waals surface area contributed by atoms with Gasteiger partial charge in [0.1, 0.15) is 0 Å². The van der Waals surface area contributed by atoms with Crippen LogP contribution in [0.5, 0.6) is 0 Å². The van der Waals surface area contributed by atoms with E-state index in [0.717, 1.165) is 10.9 Å². The molecule has 0 heterocycles. The van der Waals surface area contributed by atoms with E-state index in [9.17, 15) is 4.79 Å². The highest BCUT2D eigenvalue weighted by Crippen LogP contribution is 2.19. The molecule has 0 atom stereocenters. The summed E-state index contributed by atoms with van der Waals surface area (Å²) in [6.45, 7) is 3.50. The Morgan fingerprint density at radius 1 is 1.47 bits per heavy atom. The van der Waals surface area contributed by atoms with Crippen molar-refractivity contribution in [2.24, 2.45) is 0 Å². The number of ether oxygens (including phenoxy) is 1. The lowest BCUT2D eigenvalue weighted by Crippen LogP contribution is -2.27. The molecule has 0 aromatic heterocycles. The number of hydrogen-bond acceptors (Lipinski definition) is 2. The number of amides is 1. The maximum Gasteiger partial charge on any atom is 0.252 e. The second-order valence-corrected chi connectivity index (χ2v) is 4.66. The van der Waals surface area contributed by atoms with Crippen LogP contribution in [0.2, 0.25) is 5.02 Å². The normalized spacial score (nSPS) is 10.3. The van der Waals surface area contributed by atoms with Crippen molar-refractivity contribution in [2.75, 3.05) is 25.1 Å². The number of rotatable bonds is 6. The standard InChI is InChI=1S/C12H15BrClNO2/c1-9-3-2-4-10(11(9)14)12(16)15-6-8-17-7-5-13/h2-4H,5-8H2,1H3,(H,15,16). The van der Waals surface area contributed by atoms with Gasteiger partial charge < -0.3 is 10.1 Å². The summed E-state index contributed by atoms with van der Waals surface area (Å²) in [6.07, 6.45) is 0. The summed E-state index contributed by atoms with van der Waals surface area (Å²) in [5.74, 6) is -0.166. The molecule has 0 saturated heterocycles. The van der Waals surface area contributed by atoms with Crippen molar-refractivity contribution >= 4 is 33.4 Å². The van der Waals surface area contributed by atoms with Gasteiger partial charge in [0.05, 0.1) is 23.8 Å². The molecule has 17 heavy (non-hydrogen) atoms. The Balaban J connectivity index is 2.44. The second kappa shape index (κ2) is 7.69. The number of nitrogens with one attached hydrogen (secondary N) is 1. The van der Waals surface area contributed by atoms with Crippen LogP contribution < -0.4 is 5.32 Å². The minimum absolute atomic E-state index is 0.166. The van der Waals surface area contributed by atoms with Crippen LogP contribution in [0.4, 0.5) is 0 Å². The molecule has 0 radical (unpaired) electrons. The number of hydrogen-bond donors (Lipinski definition) is 1. The molecule has 1 N–H and O–H groups in total. The van der Waals surface area contributed by atoms with Crippen molar-refractivity contribution in [1.29, 1.82) is 0 Å². The summed E-state index contributed by atoms with van der Waals surface area (Å²) in [4.78, 5) is 11.8. The summed E-state index contributed by atoms with van der Waals surface area (Å²) in [5.41, 5.74) is 1.40. The second-order valence-electron chi connectivity index (χ2n) is 3.49. The maximum absolute atomic E-state index is 11.8. The van der Waals surface area contributed by atoms with Gasteiger partial charge in [0.15, 0.2) is 0 Å². The van der Waals surface area contributed by atoms with Crippen molar-refractivity contribution in [1.82, 2.24) is 5.32 Å². The molecule has 0 aliphatic rings. The number of aryl methyl sites for hydroxylation is 1. The summed E-state index contributed by atoms with van der Waals surface area (Å²) < 4.78 is 5.23. The molecule has 0 spiro atoms. The van der Waals surface area contributed by atoms with Crippen molar-refractivity contribution in [3.05, 3.63) is 34.3 Å². The Bertz CT molecular complexity index is 385. The molecule has 94 valence electrons. The van der Waals surface area contributed by atoms with Crippen LogP contribution in [0.1, 0.15) is 15.9 Å². The van der Waals surface area contributed by atoms with Crippen LogP contribution in [0.3, 0.4) is 0 Å². The molecular weight excluding hydrogens is 305 g/mol. The Kier molecular flexibility index (Phi) is 6.55. The predicted molar refractivity (Wildman–Crippen MR) is 73.1 cm³/mol. The summed E-state index contributed by atoms with van der Waals surface area (Å²) in [6, 6.07) is 5.40. The van der Waals surface area contributed by atoms with Gasteiger partial charge in [-0.1, -0.05) is 39.7 Å². The van der Waals surface area contributed by atoms with E-state index in [1.807, 2.05) is 19.1 Å². The zero-order valence-corrected chi connectivity index (χ0v) is 12.0. The Labute approximate surface area is 115 Å². The fraction of sp³-hybridized carbons (Fsp3) is 0.417. The topological polar surface area (TPSA) is 38.3 Å². The quantitative estimate of drug-likeness (QED) is 0.646. The van der Waals surface area contributed by atoms with Crippen molar-refractivity contribution in [3.63, 3.8) is 0 Å². The molecule has 1 aromatic carbocycles. The first kappa shape index (κ1) is 14.5. The Morgan fingerprint density at radius 2 is 2.24 bits per heavy atom. The number of carbonyl (C=O) groups excluding carboxylic acids is 1. The zero-order chi connectivity index (χ0) is 12.7. The van der Waals surface area contributed by atoms with Gasteiger partial charge in [-0.15, -0.1) is 0 Å². The van der Waals surface area contributed by atoms with Crippen molar-refractivity contribution < 1.29 is 9.53 Å². The third kappa shape index (κ3) is 4.66. The van der Waals surface area contributed by atoms with E-state index in [1.165, 1.54) is 0 Å². The molecule has 0 bridgehead atoms. The molecule has 5 heteroatoms. The number of alkyl halides is 1. The van der Waals surface area contributed by atoms with E-state index in [1.54, 1.807) is 6.07 Å². The predicted octanol–water partition coefficient (Wildman–Crippen LogP) is 2.79. The van der Waals surface area contributed by atoms with E-state index >= 15 is 0 Å². The summed E-state index contributed by atoms with van der Waals surface area (Å²) >= 11 is 9.31. The largest absolute Gasteiger partial charge is 0.379 e. The van der Waals surface area contributed by atoms with Gasteiger partial charge in [-0.25, -0.2) is 0 Å². The van der Waals surface area contributed by atoms with E-state index in [0.29, 0.717) is 30.3 Å². The highest BCUT2D eigenvalue weighted by Gasteiger charge is 2.10. The van der Waals surface area contributed by atoms with E-state index in [2.05, 4.69) is 21.2 Å². The van der Waals surface area contributed by atoms with Crippen LogP contribution >= 0.6 is 27.5 Å². The number of carbonyl (C=O) groups is 1. The SMILES string of the molecule is Cc1cccc(C(=O)NCCOCCBr)c1Cl. The molecule has 0 unspecified atom stereocenters. The van der Waals surface area contributed by atoms with Crippen LogP contribution in [0.15, 0.2) is 18.2 Å². The summed E-state index contributed by atoms with van der Waals surface area (Å²) in [7, 11) is 0. The minimum Gasteiger partial charge on any atom is -0.379 e. The first-order valence-corrected chi connectivity index (χ1v) is 6.83. The lowest BCUT2D eigenvalue weighted by atomic mass is 10.1. The van der Waals surface area contributed by atoms with Crippen LogP contribution in [-0.2, 0) is 4.74 Å². The highest BCUT2D eigenvalue weighted by atomic mass is 79.9. The third-order valence-electron chi connectivity index (χ3n) is 2.19. The lowest BCUT2D eigenvalue weighted by Gasteiger charge is -2.08. The molecule has 1 rings (SSSR count). The van der Waals surface area contributed by atoms with Gasteiger partial charge in [-0.05, 0) is 18.6 Å². The molecule has 0 fully saturated rings. The molecule has 0 saturated carbocycles. The van der Waals surface area contributed by atoms with E-state index in [-0.39, 0.29) is 5.91 Å². The number of halogens is 2. The smallest absolute Gasteiger partial charge is 0.252 e. The highest BCUT2D eigenvalue weighted by molar-refractivity contribution is 9.09. The van der Waals surface area contributed by atoms with Gasteiger partial charge in [-0.2, -0.15) is 0 Å². The molecule has 1 amide bonds. The third-order valence-corrected chi connectivity index (χ3v) is 3.02. The van der Waals surface area contributed by atoms with Gasteiger partial charge in [-0.3, -0.25) is 4.79 Å². The van der Waals surface area contributed by atoms with Crippen molar-refractivity contribution in [2.45, 2.75) is 6.92 Å². The fourth-order valence-corrected chi connectivity index (χ4v) is 1.75. The Hall–Kier alpha value is -0.580. The number of benzene rings is 1. The molecule has 1 aromatic rings. The molecular formula is C12H15BrClNO2. The summed E-state index contributed by atoms with van der Waals surface area (Å²) in [5, 5.41) is 4.06. The average molecular weight is 321 g/mol.